The van der Waals surface area contributed by atoms with Crippen molar-refractivity contribution in [2.75, 3.05) is 6.61 Å². The molecule has 1 rings (SSSR count). The molecule has 3 heteroatoms. The molecule has 0 aliphatic carbocycles. The minimum atomic E-state index is 0.529. The second-order valence-corrected chi connectivity index (χ2v) is 6.31. The molecule has 0 amide bonds. The summed E-state index contributed by atoms with van der Waals surface area (Å²) in [6, 6.07) is 8.22. The van der Waals surface area contributed by atoms with E-state index in [1.165, 1.54) is 24.8 Å². The Balaban J connectivity index is 2.19. The van der Waals surface area contributed by atoms with Crippen LogP contribution in [0.2, 0.25) is 0 Å². The summed E-state index contributed by atoms with van der Waals surface area (Å²) < 4.78 is 5.75. The fourth-order valence-electron chi connectivity index (χ4n) is 2.43. The van der Waals surface area contributed by atoms with Crippen LogP contribution < -0.4 is 10.6 Å². The topological polar surface area (TPSA) is 44.5 Å². The van der Waals surface area contributed by atoms with Crippen molar-refractivity contribution < 1.29 is 9.57 Å². The molecule has 0 radical (unpaired) electrons. The van der Waals surface area contributed by atoms with E-state index in [1.807, 2.05) is 19.1 Å². The number of ether oxygens (including phenoxy) is 1. The normalized spacial score (nSPS) is 13.3. The molecule has 2 N–H and O–H groups in total. The molecule has 0 fully saturated rings. The average molecular weight is 305 g/mol. The number of nitrogens with two attached hydrogens (primary N) is 1. The van der Waals surface area contributed by atoms with Gasteiger partial charge in [-0.1, -0.05) is 44.4 Å². The molecule has 124 valence electrons. The van der Waals surface area contributed by atoms with Crippen LogP contribution in [0, 0.1) is 18.8 Å². The molecule has 0 saturated heterocycles. The molecule has 0 aromatic heterocycles. The molecular weight excluding hydrogens is 274 g/mol. The molecule has 1 atom stereocenters. The van der Waals surface area contributed by atoms with E-state index in [2.05, 4.69) is 39.0 Å². The smallest absolute Gasteiger partial charge is 0.119 e. The van der Waals surface area contributed by atoms with Crippen molar-refractivity contribution >= 4 is 0 Å². The molecule has 0 aliphatic heterocycles. The lowest BCUT2D eigenvalue weighted by atomic mass is 9.90. The fraction of sp³-hybridized carbons (Fsp3) is 0.579. The maximum Gasteiger partial charge on any atom is 0.119 e. The van der Waals surface area contributed by atoms with Crippen molar-refractivity contribution in [3.8, 4) is 5.75 Å². The van der Waals surface area contributed by atoms with Gasteiger partial charge in [-0.2, -0.15) is 5.90 Å². The van der Waals surface area contributed by atoms with Gasteiger partial charge in [0.25, 0.3) is 0 Å². The zero-order chi connectivity index (χ0) is 16.4. The Labute approximate surface area is 135 Å². The van der Waals surface area contributed by atoms with Gasteiger partial charge < -0.3 is 9.57 Å². The second-order valence-electron chi connectivity index (χ2n) is 6.31. The van der Waals surface area contributed by atoms with Gasteiger partial charge in [0.1, 0.15) is 11.5 Å². The largest absolute Gasteiger partial charge is 0.494 e. The van der Waals surface area contributed by atoms with Gasteiger partial charge in [-0.15, -0.1) is 0 Å². The van der Waals surface area contributed by atoms with E-state index < -0.39 is 0 Å². The number of allylic oxidation sites excluding steroid dienone is 2. The van der Waals surface area contributed by atoms with Gasteiger partial charge in [-0.05, 0) is 56.7 Å². The zero-order valence-corrected chi connectivity index (χ0v) is 14.5. The molecule has 1 aromatic carbocycles. The summed E-state index contributed by atoms with van der Waals surface area (Å²) in [7, 11) is 0. The van der Waals surface area contributed by atoms with E-state index in [0.29, 0.717) is 11.8 Å². The molecule has 0 spiro atoms. The highest BCUT2D eigenvalue weighted by atomic mass is 16.6. The molecular formula is C19H31NO2. The summed E-state index contributed by atoms with van der Waals surface area (Å²) >= 11 is 0. The van der Waals surface area contributed by atoms with Crippen LogP contribution in [-0.4, -0.2) is 6.61 Å². The SMILES string of the molecule is C/C(=C/[C@@H](CCCCCOc1ccc(C)cc1)C(C)C)ON. The number of unbranched alkanes of at least 4 members (excludes halogenated alkanes) is 2. The monoisotopic (exact) mass is 305 g/mol. The van der Waals surface area contributed by atoms with Crippen LogP contribution in [0.15, 0.2) is 36.1 Å². The van der Waals surface area contributed by atoms with Gasteiger partial charge in [0.2, 0.25) is 0 Å². The van der Waals surface area contributed by atoms with E-state index >= 15 is 0 Å². The van der Waals surface area contributed by atoms with Crippen LogP contribution in [0.3, 0.4) is 0 Å². The molecule has 0 aliphatic rings. The highest BCUT2D eigenvalue weighted by Crippen LogP contribution is 2.22. The minimum Gasteiger partial charge on any atom is -0.494 e. The van der Waals surface area contributed by atoms with Crippen molar-refractivity contribution in [3.63, 3.8) is 0 Å². The first-order valence-electron chi connectivity index (χ1n) is 8.27. The van der Waals surface area contributed by atoms with E-state index in [0.717, 1.165) is 24.5 Å². The van der Waals surface area contributed by atoms with Crippen molar-refractivity contribution in [2.24, 2.45) is 17.7 Å². The molecule has 0 saturated carbocycles. The molecule has 1 aromatic rings. The van der Waals surface area contributed by atoms with Gasteiger partial charge in [0.15, 0.2) is 0 Å². The Morgan fingerprint density at radius 3 is 2.41 bits per heavy atom. The van der Waals surface area contributed by atoms with Crippen LogP contribution in [0.5, 0.6) is 5.75 Å². The van der Waals surface area contributed by atoms with Crippen LogP contribution in [0.1, 0.15) is 52.0 Å². The number of aryl methyl sites for hydroxylation is 1. The van der Waals surface area contributed by atoms with Crippen molar-refractivity contribution in [1.29, 1.82) is 0 Å². The molecule has 0 heterocycles. The van der Waals surface area contributed by atoms with Gasteiger partial charge in [-0.3, -0.25) is 0 Å². The summed E-state index contributed by atoms with van der Waals surface area (Å²) in [6.07, 6.45) is 6.80. The molecule has 3 nitrogen and oxygen atoms in total. The van der Waals surface area contributed by atoms with E-state index in [4.69, 9.17) is 15.5 Å². The average Bonchev–Trinajstić information content (AvgIpc) is 2.50. The summed E-state index contributed by atoms with van der Waals surface area (Å²) in [6.45, 7) is 9.26. The third-order valence-corrected chi connectivity index (χ3v) is 3.96. The Morgan fingerprint density at radius 2 is 1.82 bits per heavy atom. The van der Waals surface area contributed by atoms with E-state index in [1.54, 1.807) is 0 Å². The third kappa shape index (κ3) is 7.51. The summed E-state index contributed by atoms with van der Waals surface area (Å²) in [5.41, 5.74) is 1.26. The third-order valence-electron chi connectivity index (χ3n) is 3.96. The highest BCUT2D eigenvalue weighted by Gasteiger charge is 2.11. The quantitative estimate of drug-likeness (QED) is 0.376. The Bertz CT molecular complexity index is 437. The van der Waals surface area contributed by atoms with Gasteiger partial charge in [0, 0.05) is 0 Å². The van der Waals surface area contributed by atoms with Crippen molar-refractivity contribution in [3.05, 3.63) is 41.7 Å². The van der Waals surface area contributed by atoms with Crippen LogP contribution >= 0.6 is 0 Å². The van der Waals surface area contributed by atoms with Crippen molar-refractivity contribution in [2.45, 2.75) is 53.4 Å². The minimum absolute atomic E-state index is 0.529. The lowest BCUT2D eigenvalue weighted by Crippen LogP contribution is -2.08. The number of benzene rings is 1. The molecule has 0 unspecified atom stereocenters. The summed E-state index contributed by atoms with van der Waals surface area (Å²) in [5, 5.41) is 0. The first-order valence-corrected chi connectivity index (χ1v) is 8.27. The molecule has 0 bridgehead atoms. The van der Waals surface area contributed by atoms with Crippen LogP contribution in [0.25, 0.3) is 0 Å². The predicted molar refractivity (Wildman–Crippen MR) is 92.5 cm³/mol. The first kappa shape index (κ1) is 18.6. The Kier molecular flexibility index (Phi) is 8.68. The number of hydrogen-bond donors (Lipinski definition) is 1. The number of hydrogen-bond acceptors (Lipinski definition) is 3. The van der Waals surface area contributed by atoms with Crippen LogP contribution in [0.4, 0.5) is 0 Å². The standard InChI is InChI=1S/C19H31NO2/c1-15(2)18(14-17(4)22-20)8-6-5-7-13-21-19-11-9-16(3)10-12-19/h9-12,14-15,18H,5-8,13,20H2,1-4H3/b17-14-/t18-/m1/s1. The summed E-state index contributed by atoms with van der Waals surface area (Å²) in [4.78, 5) is 4.77. The predicted octanol–water partition coefficient (Wildman–Crippen LogP) is 5.00. The van der Waals surface area contributed by atoms with Gasteiger partial charge in [0.05, 0.1) is 6.61 Å². The second kappa shape index (κ2) is 10.3. The van der Waals surface area contributed by atoms with Gasteiger partial charge in [-0.25, -0.2) is 0 Å². The molecule has 22 heavy (non-hydrogen) atoms. The maximum absolute atomic E-state index is 5.75. The van der Waals surface area contributed by atoms with E-state index in [9.17, 15) is 0 Å². The first-order chi connectivity index (χ1) is 10.5. The summed E-state index contributed by atoms with van der Waals surface area (Å²) in [5.74, 6) is 8.10. The Morgan fingerprint density at radius 1 is 1.14 bits per heavy atom. The lowest BCUT2D eigenvalue weighted by molar-refractivity contribution is 0.216. The lowest BCUT2D eigenvalue weighted by Gasteiger charge is -2.17. The highest BCUT2D eigenvalue weighted by molar-refractivity contribution is 5.26. The van der Waals surface area contributed by atoms with Crippen molar-refractivity contribution in [1.82, 2.24) is 0 Å². The fourth-order valence-corrected chi connectivity index (χ4v) is 2.43. The van der Waals surface area contributed by atoms with Gasteiger partial charge >= 0.3 is 0 Å². The van der Waals surface area contributed by atoms with E-state index in [-0.39, 0.29) is 0 Å². The zero-order valence-electron chi connectivity index (χ0n) is 14.5. The maximum atomic E-state index is 5.75. The van der Waals surface area contributed by atoms with Crippen LogP contribution in [-0.2, 0) is 4.84 Å². The Hall–Kier alpha value is -1.48. The number of rotatable bonds is 10.